The van der Waals surface area contributed by atoms with Crippen LogP contribution in [0.15, 0.2) is 12.4 Å². The van der Waals surface area contributed by atoms with Gasteiger partial charge in [0, 0.05) is 38.6 Å². The molecule has 112 valence electrons. The van der Waals surface area contributed by atoms with Crippen LogP contribution in [0.2, 0.25) is 0 Å². The fraction of sp³-hybridized carbons (Fsp3) is 0.800. The van der Waals surface area contributed by atoms with Crippen molar-refractivity contribution in [2.45, 2.75) is 25.8 Å². The minimum atomic E-state index is 0.313. The van der Waals surface area contributed by atoms with Gasteiger partial charge in [-0.15, -0.1) is 0 Å². The number of aliphatic hydroxyl groups excluding tert-OH is 1. The van der Waals surface area contributed by atoms with Gasteiger partial charge in [-0.3, -0.25) is 4.90 Å². The Morgan fingerprint density at radius 1 is 1.15 bits per heavy atom. The number of imidazole rings is 1. The number of nitrogens with zero attached hydrogens (tertiary/aromatic N) is 3. The smallest absolute Gasteiger partial charge is 0.120 e. The van der Waals surface area contributed by atoms with Crippen LogP contribution < -0.4 is 0 Å². The lowest BCUT2D eigenvalue weighted by atomic mass is 9.95. The van der Waals surface area contributed by atoms with Crippen LogP contribution in [0, 0.1) is 11.8 Å². The molecule has 0 radical (unpaired) electrons. The molecule has 0 spiro atoms. The summed E-state index contributed by atoms with van der Waals surface area (Å²) in [5, 5.41) is 9.64. The highest BCUT2D eigenvalue weighted by Gasteiger charge is 2.33. The van der Waals surface area contributed by atoms with Gasteiger partial charge in [0.1, 0.15) is 5.82 Å². The van der Waals surface area contributed by atoms with Crippen LogP contribution in [0.4, 0.5) is 0 Å². The van der Waals surface area contributed by atoms with Crippen molar-refractivity contribution < 1.29 is 5.11 Å². The lowest BCUT2D eigenvalue weighted by molar-refractivity contribution is 0.149. The summed E-state index contributed by atoms with van der Waals surface area (Å²) in [7, 11) is 0. The number of H-pyrrole nitrogens is 1. The lowest BCUT2D eigenvalue weighted by Crippen LogP contribution is -2.37. The van der Waals surface area contributed by atoms with E-state index in [0.29, 0.717) is 18.4 Å². The Balaban J connectivity index is 1.53. The molecule has 3 rings (SSSR count). The van der Waals surface area contributed by atoms with Crippen LogP contribution >= 0.6 is 0 Å². The molecule has 0 bridgehead atoms. The lowest BCUT2D eigenvalue weighted by Gasteiger charge is -2.30. The summed E-state index contributed by atoms with van der Waals surface area (Å²) < 4.78 is 0. The second-order valence-electron chi connectivity index (χ2n) is 6.29. The molecule has 1 aromatic heterocycles. The SMILES string of the molecule is OC[C@H]1CN(Cc2ncc[nH]2)C[C@H]1CN1CCCCC1. The van der Waals surface area contributed by atoms with Crippen molar-refractivity contribution in [1.82, 2.24) is 19.8 Å². The Morgan fingerprint density at radius 3 is 2.65 bits per heavy atom. The molecule has 5 heteroatoms. The number of nitrogens with one attached hydrogen (secondary N) is 1. The van der Waals surface area contributed by atoms with E-state index in [1.54, 1.807) is 6.20 Å². The Kier molecular flexibility index (Phi) is 4.70. The van der Waals surface area contributed by atoms with Crippen molar-refractivity contribution in [3.63, 3.8) is 0 Å². The van der Waals surface area contributed by atoms with Crippen LogP contribution in [-0.2, 0) is 6.54 Å². The zero-order valence-corrected chi connectivity index (χ0v) is 12.2. The van der Waals surface area contributed by atoms with Gasteiger partial charge in [-0.1, -0.05) is 6.42 Å². The van der Waals surface area contributed by atoms with E-state index >= 15 is 0 Å². The summed E-state index contributed by atoms with van der Waals surface area (Å²) in [5.74, 6) is 2.06. The monoisotopic (exact) mass is 278 g/mol. The van der Waals surface area contributed by atoms with E-state index in [4.69, 9.17) is 0 Å². The third kappa shape index (κ3) is 3.40. The van der Waals surface area contributed by atoms with Crippen LogP contribution in [0.3, 0.4) is 0 Å². The first-order valence-corrected chi connectivity index (χ1v) is 7.89. The van der Waals surface area contributed by atoms with E-state index in [-0.39, 0.29) is 0 Å². The minimum absolute atomic E-state index is 0.313. The van der Waals surface area contributed by atoms with Crippen LogP contribution in [0.5, 0.6) is 0 Å². The first-order chi connectivity index (χ1) is 9.85. The number of aromatic amines is 1. The number of aliphatic hydroxyl groups is 1. The average Bonchev–Trinajstić information content (AvgIpc) is 3.10. The normalized spacial score (nSPS) is 29.1. The summed E-state index contributed by atoms with van der Waals surface area (Å²) in [6, 6.07) is 0. The van der Waals surface area contributed by atoms with Gasteiger partial charge in [0.25, 0.3) is 0 Å². The molecule has 0 unspecified atom stereocenters. The van der Waals surface area contributed by atoms with Crippen molar-refractivity contribution in [1.29, 1.82) is 0 Å². The summed E-state index contributed by atoms with van der Waals surface area (Å²) >= 11 is 0. The van der Waals surface area contributed by atoms with E-state index in [1.165, 1.54) is 32.4 Å². The summed E-state index contributed by atoms with van der Waals surface area (Å²) in [5.41, 5.74) is 0. The van der Waals surface area contributed by atoms with E-state index in [1.807, 2.05) is 6.20 Å². The highest BCUT2D eigenvalue weighted by Crippen LogP contribution is 2.26. The highest BCUT2D eigenvalue weighted by atomic mass is 16.3. The zero-order chi connectivity index (χ0) is 13.8. The average molecular weight is 278 g/mol. The van der Waals surface area contributed by atoms with Gasteiger partial charge in [0.2, 0.25) is 0 Å². The molecule has 20 heavy (non-hydrogen) atoms. The standard InChI is InChI=1S/C15H26N4O/c20-12-14-10-19(11-15-16-4-5-17-15)9-13(14)8-18-6-2-1-3-7-18/h4-5,13-14,20H,1-3,6-12H2,(H,16,17)/t13-,14-/m1/s1. The molecule has 1 aromatic rings. The Labute approximate surface area is 121 Å². The largest absolute Gasteiger partial charge is 0.396 e. The van der Waals surface area contributed by atoms with Crippen LogP contribution in [-0.4, -0.2) is 64.2 Å². The van der Waals surface area contributed by atoms with Crippen LogP contribution in [0.25, 0.3) is 0 Å². The molecule has 3 heterocycles. The maximum atomic E-state index is 9.64. The number of aromatic nitrogens is 2. The molecular formula is C15H26N4O. The van der Waals surface area contributed by atoms with Gasteiger partial charge in [-0.05, 0) is 37.8 Å². The molecule has 2 saturated heterocycles. The van der Waals surface area contributed by atoms with E-state index in [2.05, 4.69) is 19.8 Å². The van der Waals surface area contributed by atoms with Crippen molar-refractivity contribution in [3.05, 3.63) is 18.2 Å². The topological polar surface area (TPSA) is 55.4 Å². The van der Waals surface area contributed by atoms with Crippen molar-refractivity contribution >= 4 is 0 Å². The zero-order valence-electron chi connectivity index (χ0n) is 12.2. The van der Waals surface area contributed by atoms with Gasteiger partial charge >= 0.3 is 0 Å². The molecule has 0 amide bonds. The third-order valence-electron chi connectivity index (χ3n) is 4.76. The molecule has 2 fully saturated rings. The molecule has 2 aliphatic rings. The van der Waals surface area contributed by atoms with Crippen molar-refractivity contribution in [3.8, 4) is 0 Å². The predicted molar refractivity (Wildman–Crippen MR) is 78.2 cm³/mol. The van der Waals surface area contributed by atoms with E-state index in [0.717, 1.165) is 32.0 Å². The Bertz CT molecular complexity index is 389. The van der Waals surface area contributed by atoms with E-state index < -0.39 is 0 Å². The molecular weight excluding hydrogens is 252 g/mol. The summed E-state index contributed by atoms with van der Waals surface area (Å²) in [6.07, 6.45) is 7.74. The number of hydrogen-bond acceptors (Lipinski definition) is 4. The first-order valence-electron chi connectivity index (χ1n) is 7.89. The molecule has 2 aliphatic heterocycles. The van der Waals surface area contributed by atoms with Gasteiger partial charge in [-0.25, -0.2) is 4.98 Å². The Hall–Kier alpha value is -0.910. The second-order valence-corrected chi connectivity index (χ2v) is 6.29. The van der Waals surface area contributed by atoms with Crippen molar-refractivity contribution in [2.24, 2.45) is 11.8 Å². The molecule has 5 nitrogen and oxygen atoms in total. The quantitative estimate of drug-likeness (QED) is 0.841. The second kappa shape index (κ2) is 6.70. The number of likely N-dealkylation sites (tertiary alicyclic amines) is 2. The number of hydrogen-bond donors (Lipinski definition) is 2. The van der Waals surface area contributed by atoms with Crippen molar-refractivity contribution in [2.75, 3.05) is 39.3 Å². The third-order valence-corrected chi connectivity index (χ3v) is 4.76. The van der Waals surface area contributed by atoms with Gasteiger partial charge in [0.05, 0.1) is 6.54 Å². The number of rotatable bonds is 5. The molecule has 0 aromatic carbocycles. The van der Waals surface area contributed by atoms with E-state index in [9.17, 15) is 5.11 Å². The minimum Gasteiger partial charge on any atom is -0.396 e. The Morgan fingerprint density at radius 2 is 1.95 bits per heavy atom. The molecule has 2 atom stereocenters. The number of piperidine rings is 1. The summed E-state index contributed by atoms with van der Waals surface area (Å²) in [4.78, 5) is 12.5. The first kappa shape index (κ1) is 14.0. The maximum absolute atomic E-state index is 9.64. The fourth-order valence-corrected chi connectivity index (χ4v) is 3.65. The summed E-state index contributed by atoms with van der Waals surface area (Å²) in [6.45, 7) is 6.91. The molecule has 0 saturated carbocycles. The predicted octanol–water partition coefficient (Wildman–Crippen LogP) is 0.936. The molecule has 0 aliphatic carbocycles. The highest BCUT2D eigenvalue weighted by molar-refractivity contribution is 4.92. The maximum Gasteiger partial charge on any atom is 0.120 e. The van der Waals surface area contributed by atoms with Gasteiger partial charge in [-0.2, -0.15) is 0 Å². The van der Waals surface area contributed by atoms with Gasteiger partial charge in [0.15, 0.2) is 0 Å². The van der Waals surface area contributed by atoms with Gasteiger partial charge < -0.3 is 15.0 Å². The fourth-order valence-electron chi connectivity index (χ4n) is 3.65. The molecule has 2 N–H and O–H groups in total. The van der Waals surface area contributed by atoms with Crippen LogP contribution in [0.1, 0.15) is 25.1 Å².